The van der Waals surface area contributed by atoms with Gasteiger partial charge in [0, 0.05) is 12.1 Å². The Kier molecular flexibility index (Phi) is 6.08. The first-order chi connectivity index (χ1) is 9.83. The first-order valence-electron chi connectivity index (χ1n) is 6.66. The minimum atomic E-state index is -0.796. The summed E-state index contributed by atoms with van der Waals surface area (Å²) in [6.07, 6.45) is 0.763. The van der Waals surface area contributed by atoms with E-state index >= 15 is 0 Å². The first-order valence-corrected chi connectivity index (χ1v) is 6.66. The van der Waals surface area contributed by atoms with Crippen molar-refractivity contribution in [2.45, 2.75) is 39.3 Å². The minimum absolute atomic E-state index is 0.00882. The molecule has 0 radical (unpaired) electrons. The number of carbonyl (C=O) groups excluding carboxylic acids is 2. The van der Waals surface area contributed by atoms with E-state index in [1.807, 2.05) is 13.8 Å². The van der Waals surface area contributed by atoms with Crippen LogP contribution in [0.3, 0.4) is 0 Å². The summed E-state index contributed by atoms with van der Waals surface area (Å²) in [5.74, 6) is -1.78. The predicted octanol–water partition coefficient (Wildman–Crippen LogP) is 2.39. The van der Waals surface area contributed by atoms with Crippen LogP contribution in [-0.4, -0.2) is 24.0 Å². The number of amides is 3. The van der Waals surface area contributed by atoms with Crippen LogP contribution in [0.1, 0.15) is 27.2 Å². The fraction of sp³-hybridized carbons (Fsp3) is 0.429. The average Bonchev–Trinajstić information content (AvgIpc) is 2.42. The van der Waals surface area contributed by atoms with Crippen molar-refractivity contribution in [3.8, 4) is 0 Å². The molecule has 1 aromatic rings. The van der Waals surface area contributed by atoms with Crippen molar-refractivity contribution in [3.05, 3.63) is 29.8 Å². The first kappa shape index (κ1) is 16.9. The van der Waals surface area contributed by atoms with Gasteiger partial charge in [0.2, 0.25) is 5.91 Å². The summed E-state index contributed by atoms with van der Waals surface area (Å²) in [5.41, 5.74) is -0.290. The molecule has 0 aliphatic carbocycles. The lowest BCUT2D eigenvalue weighted by molar-refractivity contribution is -0.123. The smallest absolute Gasteiger partial charge is 0.319 e. The maximum Gasteiger partial charge on any atom is 0.319 e. The normalized spacial score (nSPS) is 13.2. The highest BCUT2D eigenvalue weighted by atomic mass is 19.1. The second-order valence-corrected chi connectivity index (χ2v) is 4.76. The van der Waals surface area contributed by atoms with Crippen LogP contribution in [0.4, 0.5) is 19.3 Å². The van der Waals surface area contributed by atoms with E-state index in [1.54, 1.807) is 0 Å². The molecule has 2 atom stereocenters. The van der Waals surface area contributed by atoms with Crippen molar-refractivity contribution in [1.29, 1.82) is 0 Å². The Balaban J connectivity index is 2.57. The number of carbonyl (C=O) groups is 2. The van der Waals surface area contributed by atoms with Gasteiger partial charge in [-0.2, -0.15) is 0 Å². The monoisotopic (exact) mass is 299 g/mol. The zero-order chi connectivity index (χ0) is 16.0. The molecule has 0 aliphatic heterocycles. The zero-order valence-corrected chi connectivity index (χ0v) is 12.2. The zero-order valence-electron chi connectivity index (χ0n) is 12.2. The summed E-state index contributed by atoms with van der Waals surface area (Å²) in [7, 11) is 0. The van der Waals surface area contributed by atoms with E-state index in [1.165, 1.54) is 6.92 Å². The van der Waals surface area contributed by atoms with Crippen LogP contribution in [0.15, 0.2) is 18.2 Å². The van der Waals surface area contributed by atoms with Crippen molar-refractivity contribution >= 4 is 17.6 Å². The van der Waals surface area contributed by atoms with Gasteiger partial charge >= 0.3 is 6.03 Å². The Morgan fingerprint density at radius 1 is 1.19 bits per heavy atom. The molecule has 0 fully saturated rings. The molecule has 0 saturated carbocycles. The molecular formula is C14H19F2N3O2. The van der Waals surface area contributed by atoms with E-state index in [9.17, 15) is 18.4 Å². The standard InChI is InChI=1S/C14H19F2N3O2/c1-4-8(2)17-13(20)9(3)18-14(21)19-12-7-10(15)5-6-11(12)16/h5-9H,4H2,1-3H3,(H,17,20)(H2,18,19,21). The number of anilines is 1. The van der Waals surface area contributed by atoms with Crippen LogP contribution >= 0.6 is 0 Å². The molecule has 0 aliphatic rings. The summed E-state index contributed by atoms with van der Waals surface area (Å²) < 4.78 is 26.3. The number of benzene rings is 1. The van der Waals surface area contributed by atoms with Gasteiger partial charge in [0.15, 0.2) is 0 Å². The van der Waals surface area contributed by atoms with E-state index in [2.05, 4.69) is 16.0 Å². The highest BCUT2D eigenvalue weighted by Crippen LogP contribution is 2.14. The van der Waals surface area contributed by atoms with Crippen LogP contribution in [0.25, 0.3) is 0 Å². The van der Waals surface area contributed by atoms with Crippen LogP contribution in [0.2, 0.25) is 0 Å². The van der Waals surface area contributed by atoms with Crippen LogP contribution in [0, 0.1) is 11.6 Å². The molecule has 21 heavy (non-hydrogen) atoms. The molecule has 3 N–H and O–H groups in total. The largest absolute Gasteiger partial charge is 0.352 e. The Hall–Kier alpha value is -2.18. The van der Waals surface area contributed by atoms with Crippen LogP contribution in [-0.2, 0) is 4.79 Å². The molecule has 1 aromatic carbocycles. The summed E-state index contributed by atoms with van der Waals surface area (Å²) in [4.78, 5) is 23.4. The molecule has 0 bridgehead atoms. The number of halogens is 2. The summed E-state index contributed by atoms with van der Waals surface area (Å²) in [6.45, 7) is 5.26. The lowest BCUT2D eigenvalue weighted by Gasteiger charge is -2.17. The number of hydrogen-bond acceptors (Lipinski definition) is 2. The Bertz CT molecular complexity index is 523. The van der Waals surface area contributed by atoms with Crippen LogP contribution in [0.5, 0.6) is 0 Å². The second-order valence-electron chi connectivity index (χ2n) is 4.76. The van der Waals surface area contributed by atoms with Gasteiger partial charge in [0.25, 0.3) is 0 Å². The molecule has 0 aromatic heterocycles. The molecule has 7 heteroatoms. The summed E-state index contributed by atoms with van der Waals surface area (Å²) in [6, 6.07) is 1.12. The molecule has 0 heterocycles. The predicted molar refractivity (Wildman–Crippen MR) is 75.9 cm³/mol. The lowest BCUT2D eigenvalue weighted by Crippen LogP contribution is -2.48. The van der Waals surface area contributed by atoms with E-state index < -0.39 is 23.7 Å². The molecule has 5 nitrogen and oxygen atoms in total. The number of nitrogens with one attached hydrogen (secondary N) is 3. The highest BCUT2D eigenvalue weighted by molar-refractivity contribution is 5.93. The summed E-state index contributed by atoms with van der Waals surface area (Å²) in [5, 5.41) is 7.22. The molecule has 1 rings (SSSR count). The van der Waals surface area contributed by atoms with E-state index in [0.717, 1.165) is 24.6 Å². The molecule has 3 amide bonds. The van der Waals surface area contributed by atoms with Gasteiger partial charge in [-0.1, -0.05) is 6.92 Å². The summed E-state index contributed by atoms with van der Waals surface area (Å²) >= 11 is 0. The maximum absolute atomic E-state index is 13.4. The van der Waals surface area contributed by atoms with Crippen molar-refractivity contribution in [2.75, 3.05) is 5.32 Å². The quantitative estimate of drug-likeness (QED) is 0.781. The maximum atomic E-state index is 13.4. The van der Waals surface area contributed by atoms with Gasteiger partial charge in [-0.05, 0) is 32.4 Å². The number of urea groups is 1. The Labute approximate surface area is 122 Å². The average molecular weight is 299 g/mol. The highest BCUT2D eigenvalue weighted by Gasteiger charge is 2.17. The lowest BCUT2D eigenvalue weighted by atomic mass is 10.2. The van der Waals surface area contributed by atoms with Gasteiger partial charge in [-0.3, -0.25) is 4.79 Å². The third-order valence-corrected chi connectivity index (χ3v) is 2.92. The third kappa shape index (κ3) is 5.37. The molecular weight excluding hydrogens is 280 g/mol. The Morgan fingerprint density at radius 3 is 2.48 bits per heavy atom. The van der Waals surface area contributed by atoms with Gasteiger partial charge < -0.3 is 16.0 Å². The van der Waals surface area contributed by atoms with Crippen molar-refractivity contribution in [2.24, 2.45) is 0 Å². The fourth-order valence-electron chi connectivity index (χ4n) is 1.48. The molecule has 2 unspecified atom stereocenters. The van der Waals surface area contributed by atoms with E-state index in [4.69, 9.17) is 0 Å². The van der Waals surface area contributed by atoms with E-state index in [0.29, 0.717) is 0 Å². The number of rotatable bonds is 5. The van der Waals surface area contributed by atoms with Gasteiger partial charge in [-0.15, -0.1) is 0 Å². The topological polar surface area (TPSA) is 70.2 Å². The number of hydrogen-bond donors (Lipinski definition) is 3. The van der Waals surface area contributed by atoms with Gasteiger partial charge in [0.1, 0.15) is 17.7 Å². The molecule has 116 valence electrons. The van der Waals surface area contributed by atoms with Gasteiger partial charge in [0.05, 0.1) is 5.69 Å². The fourth-order valence-corrected chi connectivity index (χ4v) is 1.48. The van der Waals surface area contributed by atoms with Gasteiger partial charge in [-0.25, -0.2) is 13.6 Å². The minimum Gasteiger partial charge on any atom is -0.352 e. The van der Waals surface area contributed by atoms with Crippen molar-refractivity contribution < 1.29 is 18.4 Å². The van der Waals surface area contributed by atoms with Crippen molar-refractivity contribution in [3.63, 3.8) is 0 Å². The second kappa shape index (κ2) is 7.56. The SMILES string of the molecule is CCC(C)NC(=O)C(C)NC(=O)Nc1cc(F)ccc1F. The van der Waals surface area contributed by atoms with E-state index in [-0.39, 0.29) is 17.6 Å². The molecule has 0 spiro atoms. The van der Waals surface area contributed by atoms with Crippen molar-refractivity contribution in [1.82, 2.24) is 10.6 Å². The Morgan fingerprint density at radius 2 is 1.86 bits per heavy atom. The van der Waals surface area contributed by atoms with Crippen LogP contribution < -0.4 is 16.0 Å². The third-order valence-electron chi connectivity index (χ3n) is 2.92. The molecule has 0 saturated heterocycles.